The van der Waals surface area contributed by atoms with Crippen molar-refractivity contribution in [3.63, 3.8) is 0 Å². The third kappa shape index (κ3) is 4.28. The van der Waals surface area contributed by atoms with Crippen molar-refractivity contribution in [2.24, 2.45) is 5.73 Å². The Morgan fingerprint density at radius 2 is 2.26 bits per heavy atom. The maximum absolute atomic E-state index is 11.6. The van der Waals surface area contributed by atoms with Gasteiger partial charge in [-0.05, 0) is 19.3 Å². The molecule has 2 rings (SSSR count). The minimum Gasteiger partial charge on any atom is -0.346 e. The molecule has 0 aliphatic heterocycles. The Balaban J connectivity index is 1.93. The van der Waals surface area contributed by atoms with Gasteiger partial charge in [0.25, 0.3) is 11.7 Å². The van der Waals surface area contributed by atoms with E-state index in [4.69, 9.17) is 10.3 Å². The maximum Gasteiger partial charge on any atom is 0.292 e. The molecule has 0 aromatic carbocycles. The van der Waals surface area contributed by atoms with Crippen LogP contribution in [0.4, 0.5) is 0 Å². The van der Waals surface area contributed by atoms with Gasteiger partial charge in [-0.25, -0.2) is 8.42 Å². The molecule has 106 valence electrons. The van der Waals surface area contributed by atoms with Crippen molar-refractivity contribution >= 4 is 15.7 Å². The lowest BCUT2D eigenvalue weighted by Crippen LogP contribution is -2.26. The van der Waals surface area contributed by atoms with Crippen molar-refractivity contribution in [2.45, 2.75) is 31.3 Å². The highest BCUT2D eigenvalue weighted by molar-refractivity contribution is 7.90. The topological polar surface area (TPSA) is 128 Å². The summed E-state index contributed by atoms with van der Waals surface area (Å²) in [5.74, 6) is -0.464. The molecule has 19 heavy (non-hydrogen) atoms. The third-order valence-electron chi connectivity index (χ3n) is 2.67. The summed E-state index contributed by atoms with van der Waals surface area (Å²) in [6.45, 7) is 0. The van der Waals surface area contributed by atoms with Gasteiger partial charge in [0, 0.05) is 12.3 Å². The number of aromatic nitrogens is 2. The summed E-state index contributed by atoms with van der Waals surface area (Å²) in [7, 11) is -3.09. The van der Waals surface area contributed by atoms with E-state index < -0.39 is 21.8 Å². The quantitative estimate of drug-likeness (QED) is 0.714. The first-order chi connectivity index (χ1) is 8.85. The van der Waals surface area contributed by atoms with Crippen LogP contribution < -0.4 is 11.1 Å². The molecule has 0 spiro atoms. The zero-order valence-corrected chi connectivity index (χ0v) is 11.3. The number of nitrogens with two attached hydrogens (primary N) is 1. The second kappa shape index (κ2) is 5.25. The first-order valence-electron chi connectivity index (χ1n) is 5.93. The average Bonchev–Trinajstić information content (AvgIpc) is 2.98. The van der Waals surface area contributed by atoms with E-state index >= 15 is 0 Å². The van der Waals surface area contributed by atoms with Gasteiger partial charge in [0.2, 0.25) is 5.89 Å². The standard InChI is InChI=1S/C10H16N4O4S/c1-19(16,17)5-4-7(11)10-13-8(14-18-10)9(15)12-6-2-3-6/h6-7H,2-5,11H2,1H3,(H,12,15). The molecule has 0 bridgehead atoms. The van der Waals surface area contributed by atoms with Crippen LogP contribution in [-0.2, 0) is 9.84 Å². The van der Waals surface area contributed by atoms with Crippen molar-refractivity contribution in [1.82, 2.24) is 15.5 Å². The summed E-state index contributed by atoms with van der Waals surface area (Å²) in [5.41, 5.74) is 5.74. The predicted octanol–water partition coefficient (Wildman–Crippen LogP) is -0.604. The molecule has 1 amide bonds. The molecule has 1 aliphatic carbocycles. The van der Waals surface area contributed by atoms with Gasteiger partial charge in [-0.2, -0.15) is 4.98 Å². The first-order valence-corrected chi connectivity index (χ1v) is 7.99. The van der Waals surface area contributed by atoms with Crippen molar-refractivity contribution in [3.8, 4) is 0 Å². The minimum atomic E-state index is -3.09. The molecule has 0 radical (unpaired) electrons. The molecule has 9 heteroatoms. The fourth-order valence-electron chi connectivity index (χ4n) is 1.42. The zero-order chi connectivity index (χ0) is 14.0. The lowest BCUT2D eigenvalue weighted by atomic mass is 10.2. The maximum atomic E-state index is 11.6. The molecule has 1 aromatic rings. The van der Waals surface area contributed by atoms with Crippen LogP contribution in [0, 0.1) is 0 Å². The Kier molecular flexibility index (Phi) is 3.85. The van der Waals surface area contributed by atoms with Crippen LogP contribution >= 0.6 is 0 Å². The molecular weight excluding hydrogens is 272 g/mol. The fourth-order valence-corrected chi connectivity index (χ4v) is 2.10. The summed E-state index contributed by atoms with van der Waals surface area (Å²) in [5, 5.41) is 6.25. The van der Waals surface area contributed by atoms with Gasteiger partial charge in [0.1, 0.15) is 9.84 Å². The van der Waals surface area contributed by atoms with Crippen LogP contribution in [0.15, 0.2) is 4.52 Å². The van der Waals surface area contributed by atoms with Crippen molar-refractivity contribution in [2.75, 3.05) is 12.0 Å². The van der Waals surface area contributed by atoms with Gasteiger partial charge in [0.15, 0.2) is 0 Å². The van der Waals surface area contributed by atoms with Crippen LogP contribution in [0.5, 0.6) is 0 Å². The van der Waals surface area contributed by atoms with Gasteiger partial charge in [-0.15, -0.1) is 0 Å². The highest BCUT2D eigenvalue weighted by Gasteiger charge is 2.27. The van der Waals surface area contributed by atoms with E-state index in [1.54, 1.807) is 0 Å². The van der Waals surface area contributed by atoms with E-state index in [1.165, 1.54) is 0 Å². The highest BCUT2D eigenvalue weighted by Crippen LogP contribution is 2.19. The zero-order valence-electron chi connectivity index (χ0n) is 10.5. The fraction of sp³-hybridized carbons (Fsp3) is 0.700. The van der Waals surface area contributed by atoms with E-state index in [0.717, 1.165) is 19.1 Å². The van der Waals surface area contributed by atoms with Crippen LogP contribution in [0.1, 0.15) is 41.8 Å². The van der Waals surface area contributed by atoms with Crippen LogP contribution in [0.3, 0.4) is 0 Å². The van der Waals surface area contributed by atoms with Crippen LogP contribution in [0.25, 0.3) is 0 Å². The molecular formula is C10H16N4O4S. The van der Waals surface area contributed by atoms with Crippen LogP contribution in [-0.4, -0.2) is 42.5 Å². The number of nitrogens with one attached hydrogen (secondary N) is 1. The molecule has 1 atom stereocenters. The van der Waals surface area contributed by atoms with Gasteiger partial charge in [0.05, 0.1) is 11.8 Å². The van der Waals surface area contributed by atoms with E-state index in [9.17, 15) is 13.2 Å². The molecule has 1 aliphatic rings. The third-order valence-corrected chi connectivity index (χ3v) is 3.65. The highest BCUT2D eigenvalue weighted by atomic mass is 32.2. The molecule has 8 nitrogen and oxygen atoms in total. The van der Waals surface area contributed by atoms with Crippen molar-refractivity contribution in [3.05, 3.63) is 11.7 Å². The lowest BCUT2D eigenvalue weighted by Gasteiger charge is -2.04. The SMILES string of the molecule is CS(=O)(=O)CCC(N)c1nc(C(=O)NC2CC2)no1. The van der Waals surface area contributed by atoms with Crippen molar-refractivity contribution in [1.29, 1.82) is 0 Å². The number of amides is 1. The number of rotatable bonds is 6. The number of nitrogens with zero attached hydrogens (tertiary/aromatic N) is 2. The number of carbonyl (C=O) groups is 1. The summed E-state index contributed by atoms with van der Waals surface area (Å²) >= 11 is 0. The molecule has 0 saturated heterocycles. The van der Waals surface area contributed by atoms with Gasteiger partial charge in [-0.1, -0.05) is 5.16 Å². The Labute approximate surface area is 110 Å². The van der Waals surface area contributed by atoms with Gasteiger partial charge >= 0.3 is 0 Å². The predicted molar refractivity (Wildman–Crippen MR) is 66.0 cm³/mol. The minimum absolute atomic E-state index is 0.0693. The van der Waals surface area contributed by atoms with Crippen molar-refractivity contribution < 1.29 is 17.7 Å². The number of hydrogen-bond acceptors (Lipinski definition) is 7. The molecule has 3 N–H and O–H groups in total. The summed E-state index contributed by atoms with van der Waals surface area (Å²) in [6.07, 6.45) is 3.22. The Hall–Kier alpha value is -1.48. The summed E-state index contributed by atoms with van der Waals surface area (Å²) in [4.78, 5) is 15.5. The summed E-state index contributed by atoms with van der Waals surface area (Å²) in [6, 6.07) is -0.488. The first kappa shape index (κ1) is 13.9. The second-order valence-electron chi connectivity index (χ2n) is 4.73. The number of carbonyl (C=O) groups excluding carboxylic acids is 1. The average molecular weight is 288 g/mol. The molecule has 1 heterocycles. The molecule has 1 unspecified atom stereocenters. The van der Waals surface area contributed by atoms with E-state index in [0.29, 0.717) is 0 Å². The van der Waals surface area contributed by atoms with Gasteiger partial charge < -0.3 is 15.6 Å². The van der Waals surface area contributed by atoms with Crippen LogP contribution in [0.2, 0.25) is 0 Å². The largest absolute Gasteiger partial charge is 0.346 e. The summed E-state index contributed by atoms with van der Waals surface area (Å²) < 4.78 is 26.9. The number of hydrogen-bond donors (Lipinski definition) is 2. The lowest BCUT2D eigenvalue weighted by molar-refractivity contribution is 0.0937. The normalized spacial score (nSPS) is 17.2. The van der Waals surface area contributed by atoms with Gasteiger partial charge in [-0.3, -0.25) is 4.79 Å². The molecule has 1 saturated carbocycles. The van der Waals surface area contributed by atoms with E-state index in [-0.39, 0.29) is 29.9 Å². The van der Waals surface area contributed by atoms with E-state index in [1.807, 2.05) is 0 Å². The Morgan fingerprint density at radius 1 is 1.58 bits per heavy atom. The Morgan fingerprint density at radius 3 is 2.84 bits per heavy atom. The smallest absolute Gasteiger partial charge is 0.292 e. The van der Waals surface area contributed by atoms with E-state index in [2.05, 4.69) is 15.5 Å². The molecule has 1 fully saturated rings. The molecule has 1 aromatic heterocycles. The second-order valence-corrected chi connectivity index (χ2v) is 6.99. The number of sulfone groups is 1. The Bertz CT molecular complexity index is 564. The monoisotopic (exact) mass is 288 g/mol.